The molecule has 0 fully saturated rings. The Hall–Kier alpha value is -0.110. The van der Waals surface area contributed by atoms with Crippen LogP contribution < -0.4 is 0 Å². The Morgan fingerprint density at radius 1 is 1.42 bits per heavy atom. The first-order valence-electron chi connectivity index (χ1n) is 3.99. The lowest BCUT2D eigenvalue weighted by atomic mass is 10.4. The fraction of sp³-hybridized carbons (Fsp3) is 0.875. The Labute approximate surface area is 82.4 Å². The molecule has 3 nitrogen and oxygen atoms in total. The van der Waals surface area contributed by atoms with Crippen LogP contribution in [-0.2, 0) is 4.74 Å². The van der Waals surface area contributed by atoms with Gasteiger partial charge in [-0.05, 0) is 0 Å². The molecule has 0 aliphatic heterocycles. The van der Waals surface area contributed by atoms with Crippen molar-refractivity contribution in [1.29, 1.82) is 5.26 Å². The molecule has 0 saturated heterocycles. The minimum absolute atomic E-state index is 0.594. The maximum Gasteiger partial charge on any atom is 0.0635 e. The Kier molecular flexibility index (Phi) is 8.90. The fourth-order valence-electron chi connectivity index (χ4n) is 0.883. The van der Waals surface area contributed by atoms with Crippen LogP contribution in [-0.4, -0.2) is 43.6 Å². The topological polar surface area (TPSA) is 36.3 Å². The van der Waals surface area contributed by atoms with Crippen LogP contribution in [0.2, 0.25) is 0 Å². The van der Waals surface area contributed by atoms with Crippen LogP contribution in [0.3, 0.4) is 0 Å². The van der Waals surface area contributed by atoms with Gasteiger partial charge >= 0.3 is 0 Å². The summed E-state index contributed by atoms with van der Waals surface area (Å²) >= 11 is 3.37. The second-order valence-electron chi connectivity index (χ2n) is 2.43. The van der Waals surface area contributed by atoms with Crippen LogP contribution in [0.25, 0.3) is 0 Å². The van der Waals surface area contributed by atoms with Gasteiger partial charge in [-0.1, -0.05) is 15.9 Å². The molecular weight excluding hydrogens is 220 g/mol. The highest BCUT2D eigenvalue weighted by atomic mass is 79.9. The SMILES string of the molecule is COCCN(CCBr)CCC#N. The van der Waals surface area contributed by atoms with Gasteiger partial charge in [0.1, 0.15) is 0 Å². The van der Waals surface area contributed by atoms with E-state index in [4.69, 9.17) is 10.00 Å². The number of nitriles is 1. The molecule has 0 spiro atoms. The van der Waals surface area contributed by atoms with Gasteiger partial charge in [0, 0.05) is 38.5 Å². The molecule has 0 radical (unpaired) electrons. The van der Waals surface area contributed by atoms with Crippen molar-refractivity contribution in [3.8, 4) is 6.07 Å². The molecule has 0 aromatic rings. The van der Waals surface area contributed by atoms with Gasteiger partial charge in [0.25, 0.3) is 0 Å². The first kappa shape index (κ1) is 11.9. The molecule has 0 aliphatic carbocycles. The second-order valence-corrected chi connectivity index (χ2v) is 3.22. The molecule has 0 saturated carbocycles. The van der Waals surface area contributed by atoms with Gasteiger partial charge in [-0.15, -0.1) is 0 Å². The van der Waals surface area contributed by atoms with Gasteiger partial charge in [0.05, 0.1) is 12.7 Å². The lowest BCUT2D eigenvalue weighted by Crippen LogP contribution is -2.30. The zero-order chi connectivity index (χ0) is 9.23. The molecule has 0 atom stereocenters. The molecule has 0 rings (SSSR count). The standard InChI is InChI=1S/C8H15BrN2O/c1-12-8-7-11(6-3-9)5-2-4-10/h2-3,5-8H2,1H3. The van der Waals surface area contributed by atoms with Crippen LogP contribution in [0.4, 0.5) is 0 Å². The zero-order valence-corrected chi connectivity index (χ0v) is 9.01. The third-order valence-corrected chi connectivity index (χ3v) is 1.91. The van der Waals surface area contributed by atoms with Crippen molar-refractivity contribution in [2.45, 2.75) is 6.42 Å². The third kappa shape index (κ3) is 6.59. The molecule has 12 heavy (non-hydrogen) atoms. The minimum Gasteiger partial charge on any atom is -0.383 e. The van der Waals surface area contributed by atoms with Crippen molar-refractivity contribution in [1.82, 2.24) is 4.90 Å². The number of rotatable bonds is 7. The highest BCUT2D eigenvalue weighted by Gasteiger charge is 2.01. The molecule has 4 heteroatoms. The smallest absolute Gasteiger partial charge is 0.0635 e. The molecular formula is C8H15BrN2O. The van der Waals surface area contributed by atoms with Crippen LogP contribution in [0.1, 0.15) is 6.42 Å². The Bertz CT molecular complexity index is 136. The summed E-state index contributed by atoms with van der Waals surface area (Å²) in [6.07, 6.45) is 0.594. The number of hydrogen-bond donors (Lipinski definition) is 0. The van der Waals surface area contributed by atoms with Crippen LogP contribution >= 0.6 is 15.9 Å². The molecule has 0 N–H and O–H groups in total. The normalized spacial score (nSPS) is 10.2. The average molecular weight is 235 g/mol. The molecule has 70 valence electrons. The Morgan fingerprint density at radius 2 is 2.17 bits per heavy atom. The average Bonchev–Trinajstić information content (AvgIpc) is 2.10. The van der Waals surface area contributed by atoms with Gasteiger partial charge in [0.15, 0.2) is 0 Å². The number of hydrogen-bond acceptors (Lipinski definition) is 3. The lowest BCUT2D eigenvalue weighted by molar-refractivity contribution is 0.153. The summed E-state index contributed by atoms with van der Waals surface area (Å²) in [5.41, 5.74) is 0. The van der Waals surface area contributed by atoms with Crippen LogP contribution in [0.15, 0.2) is 0 Å². The van der Waals surface area contributed by atoms with Crippen molar-refractivity contribution < 1.29 is 4.74 Å². The van der Waals surface area contributed by atoms with E-state index in [1.807, 2.05) is 0 Å². The number of halogens is 1. The number of nitrogens with zero attached hydrogens (tertiary/aromatic N) is 2. The molecule has 0 heterocycles. The van der Waals surface area contributed by atoms with Gasteiger partial charge in [-0.3, -0.25) is 4.90 Å². The van der Waals surface area contributed by atoms with E-state index in [0.29, 0.717) is 6.42 Å². The van der Waals surface area contributed by atoms with Gasteiger partial charge in [0.2, 0.25) is 0 Å². The maximum absolute atomic E-state index is 8.39. The van der Waals surface area contributed by atoms with Crippen LogP contribution in [0, 0.1) is 11.3 Å². The highest BCUT2D eigenvalue weighted by molar-refractivity contribution is 9.09. The largest absolute Gasteiger partial charge is 0.383 e. The fourth-order valence-corrected chi connectivity index (χ4v) is 1.38. The minimum atomic E-state index is 0.594. The first-order chi connectivity index (χ1) is 5.85. The van der Waals surface area contributed by atoms with Crippen molar-refractivity contribution >= 4 is 15.9 Å². The maximum atomic E-state index is 8.39. The Balaban J connectivity index is 3.48. The summed E-state index contributed by atoms with van der Waals surface area (Å²) in [4.78, 5) is 2.21. The van der Waals surface area contributed by atoms with Crippen LogP contribution in [0.5, 0.6) is 0 Å². The van der Waals surface area contributed by atoms with Crippen molar-refractivity contribution in [2.75, 3.05) is 38.7 Å². The molecule has 0 bridgehead atoms. The third-order valence-electron chi connectivity index (χ3n) is 1.55. The van der Waals surface area contributed by atoms with E-state index in [0.717, 1.165) is 31.6 Å². The predicted octanol–water partition coefficient (Wildman–Crippen LogP) is 1.24. The summed E-state index contributed by atoms with van der Waals surface area (Å²) in [6, 6.07) is 2.14. The molecule has 0 amide bonds. The van der Waals surface area contributed by atoms with E-state index in [1.54, 1.807) is 7.11 Å². The van der Waals surface area contributed by atoms with E-state index in [2.05, 4.69) is 26.9 Å². The van der Waals surface area contributed by atoms with E-state index in [-0.39, 0.29) is 0 Å². The van der Waals surface area contributed by atoms with Gasteiger partial charge < -0.3 is 4.74 Å². The zero-order valence-electron chi connectivity index (χ0n) is 7.42. The van der Waals surface area contributed by atoms with Crippen molar-refractivity contribution in [3.05, 3.63) is 0 Å². The predicted molar refractivity (Wildman–Crippen MR) is 52.3 cm³/mol. The second kappa shape index (κ2) is 8.98. The first-order valence-corrected chi connectivity index (χ1v) is 5.11. The molecule has 0 unspecified atom stereocenters. The van der Waals surface area contributed by atoms with Gasteiger partial charge in [-0.25, -0.2) is 0 Å². The number of alkyl halides is 1. The summed E-state index contributed by atoms with van der Waals surface area (Å²) in [5.74, 6) is 0. The van der Waals surface area contributed by atoms with E-state index in [9.17, 15) is 0 Å². The lowest BCUT2D eigenvalue weighted by Gasteiger charge is -2.18. The van der Waals surface area contributed by atoms with Gasteiger partial charge in [-0.2, -0.15) is 5.26 Å². The molecule has 0 aromatic heterocycles. The number of methoxy groups -OCH3 is 1. The quantitative estimate of drug-likeness (QED) is 0.623. The van der Waals surface area contributed by atoms with E-state index in [1.165, 1.54) is 0 Å². The van der Waals surface area contributed by atoms with E-state index < -0.39 is 0 Å². The summed E-state index contributed by atoms with van der Waals surface area (Å²) in [7, 11) is 1.69. The van der Waals surface area contributed by atoms with Crippen molar-refractivity contribution in [2.24, 2.45) is 0 Å². The summed E-state index contributed by atoms with van der Waals surface area (Å²) in [5, 5.41) is 9.34. The summed E-state index contributed by atoms with van der Waals surface area (Å²) < 4.78 is 4.96. The monoisotopic (exact) mass is 234 g/mol. The highest BCUT2D eigenvalue weighted by Crippen LogP contribution is 1.93. The molecule has 0 aliphatic rings. The summed E-state index contributed by atoms with van der Waals surface area (Å²) in [6.45, 7) is 3.46. The van der Waals surface area contributed by atoms with Crippen molar-refractivity contribution in [3.63, 3.8) is 0 Å². The Morgan fingerprint density at radius 3 is 2.67 bits per heavy atom. The molecule has 0 aromatic carbocycles. The number of ether oxygens (including phenoxy) is 1. The van der Waals surface area contributed by atoms with E-state index >= 15 is 0 Å².